The fourth-order valence-corrected chi connectivity index (χ4v) is 2.41. The molecule has 0 heterocycles. The van der Waals surface area contributed by atoms with E-state index in [0.29, 0.717) is 23.2 Å². The Hall–Kier alpha value is -2.60. The predicted octanol–water partition coefficient (Wildman–Crippen LogP) is 3.40. The van der Waals surface area contributed by atoms with E-state index in [-0.39, 0.29) is 0 Å². The van der Waals surface area contributed by atoms with Crippen LogP contribution < -0.4 is 20.2 Å². The molecular formula is C19H23N3O2S. The SMILES string of the molecule is CCNC(=S)N/N=C\c1ccc(OCc2cccc(C)c2)c(OC)c1. The van der Waals surface area contributed by atoms with E-state index in [9.17, 15) is 0 Å². The third-order valence-corrected chi connectivity index (χ3v) is 3.62. The van der Waals surface area contributed by atoms with E-state index in [0.717, 1.165) is 17.7 Å². The Morgan fingerprint density at radius 2 is 2.04 bits per heavy atom. The van der Waals surface area contributed by atoms with Gasteiger partial charge in [-0.15, -0.1) is 0 Å². The molecule has 2 aromatic rings. The molecule has 0 unspecified atom stereocenters. The summed E-state index contributed by atoms with van der Waals surface area (Å²) in [6.45, 7) is 5.28. The average molecular weight is 357 g/mol. The standard InChI is InChI=1S/C19H23N3O2S/c1-4-20-19(25)22-21-12-15-8-9-17(18(11-15)23-3)24-13-16-7-5-6-14(2)10-16/h5-12H,4,13H2,1-3H3,(H2,20,22,25)/b21-12-. The molecule has 0 aliphatic heterocycles. The van der Waals surface area contributed by atoms with Crippen LogP contribution in [-0.2, 0) is 6.61 Å². The Morgan fingerprint density at radius 3 is 2.76 bits per heavy atom. The summed E-state index contributed by atoms with van der Waals surface area (Å²) in [5, 5.41) is 7.54. The minimum Gasteiger partial charge on any atom is -0.493 e. The monoisotopic (exact) mass is 357 g/mol. The number of hydrazone groups is 1. The van der Waals surface area contributed by atoms with Crippen LogP contribution >= 0.6 is 12.2 Å². The lowest BCUT2D eigenvalue weighted by Crippen LogP contribution is -2.31. The van der Waals surface area contributed by atoms with Gasteiger partial charge in [0.15, 0.2) is 16.6 Å². The van der Waals surface area contributed by atoms with Crippen molar-refractivity contribution in [2.24, 2.45) is 5.10 Å². The number of nitrogens with one attached hydrogen (secondary N) is 2. The van der Waals surface area contributed by atoms with Gasteiger partial charge in [-0.25, -0.2) is 0 Å². The number of ether oxygens (including phenoxy) is 2. The Balaban J connectivity index is 2.01. The normalized spacial score (nSPS) is 10.5. The van der Waals surface area contributed by atoms with Gasteiger partial charge < -0.3 is 14.8 Å². The van der Waals surface area contributed by atoms with Crippen LogP contribution in [0.3, 0.4) is 0 Å². The third-order valence-electron chi connectivity index (χ3n) is 3.38. The lowest BCUT2D eigenvalue weighted by atomic mass is 10.1. The van der Waals surface area contributed by atoms with Gasteiger partial charge in [-0.3, -0.25) is 5.43 Å². The van der Waals surface area contributed by atoms with Crippen LogP contribution in [0.4, 0.5) is 0 Å². The predicted molar refractivity (Wildman–Crippen MR) is 106 cm³/mol. The highest BCUT2D eigenvalue weighted by Crippen LogP contribution is 2.28. The van der Waals surface area contributed by atoms with Crippen LogP contribution in [0.15, 0.2) is 47.6 Å². The first-order valence-electron chi connectivity index (χ1n) is 8.05. The second-order valence-electron chi connectivity index (χ2n) is 5.42. The summed E-state index contributed by atoms with van der Waals surface area (Å²) in [7, 11) is 1.62. The molecule has 0 saturated carbocycles. The van der Waals surface area contributed by atoms with Crippen LogP contribution in [0.1, 0.15) is 23.6 Å². The van der Waals surface area contributed by atoms with Gasteiger partial charge in [0, 0.05) is 6.54 Å². The van der Waals surface area contributed by atoms with Crippen LogP contribution in [0.2, 0.25) is 0 Å². The summed E-state index contributed by atoms with van der Waals surface area (Å²) in [5.74, 6) is 1.35. The fraction of sp³-hybridized carbons (Fsp3) is 0.263. The molecule has 0 spiro atoms. The number of nitrogens with zero attached hydrogens (tertiary/aromatic N) is 1. The number of hydrogen-bond acceptors (Lipinski definition) is 4. The minimum absolute atomic E-state index is 0.490. The van der Waals surface area contributed by atoms with E-state index in [1.165, 1.54) is 5.56 Å². The first-order valence-corrected chi connectivity index (χ1v) is 8.46. The molecular weight excluding hydrogens is 334 g/mol. The number of benzene rings is 2. The number of methoxy groups -OCH3 is 1. The van der Waals surface area contributed by atoms with E-state index in [1.807, 2.05) is 37.3 Å². The molecule has 0 aromatic heterocycles. The van der Waals surface area contributed by atoms with Crippen LogP contribution in [0.5, 0.6) is 11.5 Å². The van der Waals surface area contributed by atoms with Gasteiger partial charge >= 0.3 is 0 Å². The molecule has 0 saturated heterocycles. The van der Waals surface area contributed by atoms with Gasteiger partial charge in [0.2, 0.25) is 0 Å². The highest BCUT2D eigenvalue weighted by Gasteiger charge is 2.06. The summed E-state index contributed by atoms with van der Waals surface area (Å²) in [5.41, 5.74) is 5.96. The molecule has 0 bridgehead atoms. The van der Waals surface area contributed by atoms with Crippen molar-refractivity contribution in [1.82, 2.24) is 10.7 Å². The number of thiocarbonyl (C=S) groups is 1. The summed E-state index contributed by atoms with van der Waals surface area (Å²) >= 11 is 5.05. The maximum Gasteiger partial charge on any atom is 0.186 e. The number of rotatable bonds is 7. The van der Waals surface area contributed by atoms with Crippen molar-refractivity contribution in [3.05, 3.63) is 59.2 Å². The molecule has 5 nitrogen and oxygen atoms in total. The van der Waals surface area contributed by atoms with E-state index >= 15 is 0 Å². The van der Waals surface area contributed by atoms with Crippen molar-refractivity contribution in [1.29, 1.82) is 0 Å². The molecule has 2 rings (SSSR count). The quantitative estimate of drug-likeness (QED) is 0.452. The number of aryl methyl sites for hydroxylation is 1. The van der Waals surface area contributed by atoms with E-state index in [1.54, 1.807) is 13.3 Å². The van der Waals surface area contributed by atoms with Gasteiger partial charge in [0.25, 0.3) is 0 Å². The molecule has 2 N–H and O–H groups in total. The van der Waals surface area contributed by atoms with Crippen molar-refractivity contribution < 1.29 is 9.47 Å². The third kappa shape index (κ3) is 6.08. The van der Waals surface area contributed by atoms with Crippen LogP contribution in [0.25, 0.3) is 0 Å². The van der Waals surface area contributed by atoms with Gasteiger partial charge in [-0.05, 0) is 55.4 Å². The molecule has 2 aromatic carbocycles. The first-order chi connectivity index (χ1) is 12.1. The zero-order valence-corrected chi connectivity index (χ0v) is 15.5. The zero-order chi connectivity index (χ0) is 18.1. The lowest BCUT2D eigenvalue weighted by molar-refractivity contribution is 0.284. The molecule has 0 radical (unpaired) electrons. The molecule has 0 fully saturated rings. The molecule has 0 amide bonds. The Bertz CT molecular complexity index is 747. The van der Waals surface area contributed by atoms with Crippen molar-refractivity contribution in [2.75, 3.05) is 13.7 Å². The summed E-state index contributed by atoms with van der Waals surface area (Å²) < 4.78 is 11.3. The Kier molecular flexibility index (Phi) is 7.22. The highest BCUT2D eigenvalue weighted by molar-refractivity contribution is 7.80. The highest BCUT2D eigenvalue weighted by atomic mass is 32.1. The molecule has 132 valence electrons. The van der Waals surface area contributed by atoms with Crippen molar-refractivity contribution in [2.45, 2.75) is 20.5 Å². The van der Waals surface area contributed by atoms with E-state index < -0.39 is 0 Å². The second kappa shape index (κ2) is 9.64. The van der Waals surface area contributed by atoms with Crippen LogP contribution in [0, 0.1) is 6.92 Å². The Morgan fingerprint density at radius 1 is 1.20 bits per heavy atom. The smallest absolute Gasteiger partial charge is 0.186 e. The topological polar surface area (TPSA) is 54.9 Å². The first kappa shape index (κ1) is 18.7. The zero-order valence-electron chi connectivity index (χ0n) is 14.7. The van der Waals surface area contributed by atoms with Gasteiger partial charge in [-0.1, -0.05) is 29.8 Å². The van der Waals surface area contributed by atoms with Gasteiger partial charge in [-0.2, -0.15) is 5.10 Å². The molecule has 6 heteroatoms. The summed E-state index contributed by atoms with van der Waals surface area (Å²) in [4.78, 5) is 0. The lowest BCUT2D eigenvalue weighted by Gasteiger charge is -2.11. The molecule has 0 aliphatic rings. The van der Waals surface area contributed by atoms with Crippen molar-refractivity contribution in [3.63, 3.8) is 0 Å². The van der Waals surface area contributed by atoms with Crippen molar-refractivity contribution >= 4 is 23.5 Å². The van der Waals surface area contributed by atoms with Gasteiger partial charge in [0.05, 0.1) is 13.3 Å². The van der Waals surface area contributed by atoms with E-state index in [4.69, 9.17) is 21.7 Å². The number of hydrogen-bond donors (Lipinski definition) is 2. The van der Waals surface area contributed by atoms with Crippen LogP contribution in [-0.4, -0.2) is 25.0 Å². The minimum atomic E-state index is 0.490. The van der Waals surface area contributed by atoms with E-state index in [2.05, 4.69) is 34.9 Å². The largest absolute Gasteiger partial charge is 0.493 e. The maximum absolute atomic E-state index is 5.88. The molecule has 25 heavy (non-hydrogen) atoms. The summed E-state index contributed by atoms with van der Waals surface area (Å²) in [6, 6.07) is 13.9. The van der Waals surface area contributed by atoms with Crippen molar-refractivity contribution in [3.8, 4) is 11.5 Å². The average Bonchev–Trinajstić information content (AvgIpc) is 2.60. The maximum atomic E-state index is 5.88. The fourth-order valence-electron chi connectivity index (χ4n) is 2.21. The summed E-state index contributed by atoms with van der Waals surface area (Å²) in [6.07, 6.45) is 1.68. The molecule has 0 aliphatic carbocycles. The Labute approximate surface area is 154 Å². The second-order valence-corrected chi connectivity index (χ2v) is 5.83. The molecule has 0 atom stereocenters. The van der Waals surface area contributed by atoms with Gasteiger partial charge in [0.1, 0.15) is 6.61 Å².